The molecule has 0 unspecified atom stereocenters. The number of nitrogens with one attached hydrogen (secondary N) is 1. The minimum Gasteiger partial charge on any atom is -0.306 e. The topological polar surface area (TPSA) is 37.8 Å². The van der Waals surface area contributed by atoms with E-state index >= 15 is 0 Å². The van der Waals surface area contributed by atoms with Crippen LogP contribution >= 0.6 is 0 Å². The Morgan fingerprint density at radius 2 is 1.88 bits per heavy atom. The van der Waals surface area contributed by atoms with Gasteiger partial charge in [0.2, 0.25) is 0 Å². The molecule has 25 heavy (non-hydrogen) atoms. The fourth-order valence-electron chi connectivity index (χ4n) is 2.83. The Bertz CT molecular complexity index is 967. The molecule has 0 saturated heterocycles. The summed E-state index contributed by atoms with van der Waals surface area (Å²) in [5, 5.41) is 0. The van der Waals surface area contributed by atoms with Crippen molar-refractivity contribution < 1.29 is 13.2 Å². The number of aryl methyl sites for hydroxylation is 1. The molecule has 2 aromatic carbocycles. The Balaban J connectivity index is 2.00. The molecular formula is C19H17F3N2O. The van der Waals surface area contributed by atoms with Crippen LogP contribution in [0.3, 0.4) is 0 Å². The number of fused-ring (bicyclic) bond motifs is 1. The highest BCUT2D eigenvalue weighted by Gasteiger charge is 2.30. The standard InChI is InChI=1S/C19H17F3N2O/c1-2-3-4-10-24-17-9-8-14(12-16(17)23-18(24)25)13-6-5-7-15(11-13)19(20,21)22/h2,5-9,11-12H,1,3-4,10H2,(H,23,25). The first-order chi connectivity index (χ1) is 11.9. The Hall–Kier alpha value is -2.76. The van der Waals surface area contributed by atoms with Crippen LogP contribution in [-0.2, 0) is 12.7 Å². The lowest BCUT2D eigenvalue weighted by Gasteiger charge is -2.09. The number of benzene rings is 2. The van der Waals surface area contributed by atoms with Crippen LogP contribution in [0.2, 0.25) is 0 Å². The molecule has 0 aliphatic rings. The zero-order valence-corrected chi connectivity index (χ0v) is 13.4. The van der Waals surface area contributed by atoms with Crippen molar-refractivity contribution in [2.45, 2.75) is 25.6 Å². The van der Waals surface area contributed by atoms with E-state index in [1.54, 1.807) is 34.9 Å². The number of aromatic nitrogens is 2. The number of imidazole rings is 1. The molecule has 0 aliphatic carbocycles. The van der Waals surface area contributed by atoms with Gasteiger partial charge in [-0.1, -0.05) is 24.3 Å². The average molecular weight is 346 g/mol. The molecule has 0 atom stereocenters. The van der Waals surface area contributed by atoms with Crippen molar-refractivity contribution in [2.24, 2.45) is 0 Å². The molecule has 0 bridgehead atoms. The summed E-state index contributed by atoms with van der Waals surface area (Å²) in [6.07, 6.45) is -0.984. The summed E-state index contributed by atoms with van der Waals surface area (Å²) < 4.78 is 40.3. The number of halogens is 3. The third-order valence-corrected chi connectivity index (χ3v) is 4.09. The van der Waals surface area contributed by atoms with E-state index in [0.29, 0.717) is 23.2 Å². The quantitative estimate of drug-likeness (QED) is 0.513. The second-order valence-electron chi connectivity index (χ2n) is 5.82. The zero-order valence-electron chi connectivity index (χ0n) is 13.4. The van der Waals surface area contributed by atoms with Gasteiger partial charge in [-0.3, -0.25) is 4.57 Å². The monoisotopic (exact) mass is 346 g/mol. The molecule has 0 spiro atoms. The number of hydrogen-bond donors (Lipinski definition) is 1. The summed E-state index contributed by atoms with van der Waals surface area (Å²) in [5.41, 5.74) is 1.51. The number of rotatable bonds is 5. The minimum absolute atomic E-state index is 0.222. The second kappa shape index (κ2) is 6.63. The highest BCUT2D eigenvalue weighted by atomic mass is 19.4. The SMILES string of the molecule is C=CCCCn1c(=O)[nH]c2cc(-c3cccc(C(F)(F)F)c3)ccc21. The van der Waals surface area contributed by atoms with Gasteiger partial charge >= 0.3 is 11.9 Å². The van der Waals surface area contributed by atoms with Crippen LogP contribution in [0.1, 0.15) is 18.4 Å². The van der Waals surface area contributed by atoms with E-state index in [9.17, 15) is 18.0 Å². The van der Waals surface area contributed by atoms with E-state index in [0.717, 1.165) is 30.5 Å². The zero-order chi connectivity index (χ0) is 18.0. The first kappa shape index (κ1) is 17.1. The lowest BCUT2D eigenvalue weighted by Crippen LogP contribution is -2.16. The van der Waals surface area contributed by atoms with Crippen LogP contribution < -0.4 is 5.69 Å². The van der Waals surface area contributed by atoms with Gasteiger partial charge in [-0.05, 0) is 48.2 Å². The maximum atomic E-state index is 12.9. The van der Waals surface area contributed by atoms with Crippen LogP contribution in [0.4, 0.5) is 13.2 Å². The number of allylic oxidation sites excluding steroid dienone is 1. The molecule has 6 heteroatoms. The first-order valence-electron chi connectivity index (χ1n) is 7.91. The Morgan fingerprint density at radius 3 is 2.60 bits per heavy atom. The van der Waals surface area contributed by atoms with Crippen LogP contribution in [0.5, 0.6) is 0 Å². The number of alkyl halides is 3. The summed E-state index contributed by atoms with van der Waals surface area (Å²) in [7, 11) is 0. The molecule has 0 amide bonds. The predicted octanol–water partition coefficient (Wildman–Crippen LogP) is 4.98. The highest BCUT2D eigenvalue weighted by molar-refractivity contribution is 5.82. The smallest absolute Gasteiger partial charge is 0.306 e. The summed E-state index contributed by atoms with van der Waals surface area (Å²) in [4.78, 5) is 14.9. The van der Waals surface area contributed by atoms with Gasteiger partial charge in [0.15, 0.2) is 0 Å². The fourth-order valence-corrected chi connectivity index (χ4v) is 2.83. The van der Waals surface area contributed by atoms with E-state index in [1.165, 1.54) is 6.07 Å². The number of nitrogens with zero attached hydrogens (tertiary/aromatic N) is 1. The number of aromatic amines is 1. The van der Waals surface area contributed by atoms with Crippen LogP contribution in [0, 0.1) is 0 Å². The van der Waals surface area contributed by atoms with Gasteiger partial charge in [-0.15, -0.1) is 6.58 Å². The normalized spacial score (nSPS) is 11.8. The van der Waals surface area contributed by atoms with Crippen molar-refractivity contribution in [1.29, 1.82) is 0 Å². The van der Waals surface area contributed by atoms with Gasteiger partial charge in [-0.2, -0.15) is 13.2 Å². The third kappa shape index (κ3) is 3.52. The minimum atomic E-state index is -4.39. The van der Waals surface area contributed by atoms with Gasteiger partial charge < -0.3 is 4.98 Å². The van der Waals surface area contributed by atoms with Crippen molar-refractivity contribution in [3.05, 3.63) is 71.2 Å². The summed E-state index contributed by atoms with van der Waals surface area (Å²) in [5.74, 6) is 0. The lowest BCUT2D eigenvalue weighted by atomic mass is 10.0. The van der Waals surface area contributed by atoms with E-state index in [2.05, 4.69) is 11.6 Å². The van der Waals surface area contributed by atoms with Gasteiger partial charge in [0, 0.05) is 6.54 Å². The van der Waals surface area contributed by atoms with Crippen LogP contribution in [0.25, 0.3) is 22.2 Å². The second-order valence-corrected chi connectivity index (χ2v) is 5.82. The van der Waals surface area contributed by atoms with Gasteiger partial charge in [0.05, 0.1) is 16.6 Å². The largest absolute Gasteiger partial charge is 0.416 e. The van der Waals surface area contributed by atoms with Crippen molar-refractivity contribution in [3.63, 3.8) is 0 Å². The molecular weight excluding hydrogens is 329 g/mol. The van der Waals surface area contributed by atoms with Crippen molar-refractivity contribution in [1.82, 2.24) is 9.55 Å². The van der Waals surface area contributed by atoms with Crippen LogP contribution in [0.15, 0.2) is 59.9 Å². The highest BCUT2D eigenvalue weighted by Crippen LogP contribution is 2.32. The molecule has 3 rings (SSSR count). The Labute approximate surface area is 142 Å². The summed E-state index contributed by atoms with van der Waals surface area (Å²) in [6, 6.07) is 10.4. The average Bonchev–Trinajstić information content (AvgIpc) is 2.89. The molecule has 0 radical (unpaired) electrons. The van der Waals surface area contributed by atoms with Crippen molar-refractivity contribution in [3.8, 4) is 11.1 Å². The number of unbranched alkanes of at least 4 members (excludes halogenated alkanes) is 1. The van der Waals surface area contributed by atoms with Crippen LogP contribution in [-0.4, -0.2) is 9.55 Å². The summed E-state index contributed by atoms with van der Waals surface area (Å²) >= 11 is 0. The lowest BCUT2D eigenvalue weighted by molar-refractivity contribution is -0.137. The molecule has 0 fully saturated rings. The maximum absolute atomic E-state index is 12.9. The van der Waals surface area contributed by atoms with E-state index in [-0.39, 0.29) is 5.69 Å². The fraction of sp³-hybridized carbons (Fsp3) is 0.211. The first-order valence-corrected chi connectivity index (χ1v) is 7.91. The van der Waals surface area contributed by atoms with E-state index < -0.39 is 11.7 Å². The number of hydrogen-bond acceptors (Lipinski definition) is 1. The van der Waals surface area contributed by atoms with Gasteiger partial charge in [0.25, 0.3) is 0 Å². The molecule has 0 aliphatic heterocycles. The molecule has 0 saturated carbocycles. The van der Waals surface area contributed by atoms with Crippen molar-refractivity contribution in [2.75, 3.05) is 0 Å². The van der Waals surface area contributed by atoms with E-state index in [1.807, 2.05) is 0 Å². The molecule has 1 N–H and O–H groups in total. The molecule has 3 aromatic rings. The third-order valence-electron chi connectivity index (χ3n) is 4.09. The molecule has 1 aromatic heterocycles. The Kier molecular flexibility index (Phi) is 4.53. The van der Waals surface area contributed by atoms with Crippen molar-refractivity contribution >= 4 is 11.0 Å². The maximum Gasteiger partial charge on any atom is 0.416 e. The molecule has 1 heterocycles. The van der Waals surface area contributed by atoms with E-state index in [4.69, 9.17) is 0 Å². The summed E-state index contributed by atoms with van der Waals surface area (Å²) in [6.45, 7) is 4.22. The molecule has 130 valence electrons. The molecule has 3 nitrogen and oxygen atoms in total. The van der Waals surface area contributed by atoms with Gasteiger partial charge in [-0.25, -0.2) is 4.79 Å². The number of H-pyrrole nitrogens is 1. The predicted molar refractivity (Wildman–Crippen MR) is 92.4 cm³/mol. The van der Waals surface area contributed by atoms with Gasteiger partial charge in [0.1, 0.15) is 0 Å². The Morgan fingerprint density at radius 1 is 1.12 bits per heavy atom.